The van der Waals surface area contributed by atoms with Crippen LogP contribution in [0.1, 0.15) is 56.7 Å². The fraction of sp³-hybridized carbons (Fsp3) is 0.333. The Morgan fingerprint density at radius 2 is 1.71 bits per heavy atom. The van der Waals surface area contributed by atoms with E-state index in [2.05, 4.69) is 17.2 Å². The topological polar surface area (TPSA) is 99.6 Å². The summed E-state index contributed by atoms with van der Waals surface area (Å²) in [7, 11) is 0. The van der Waals surface area contributed by atoms with E-state index >= 15 is 0 Å². The van der Waals surface area contributed by atoms with Crippen LogP contribution in [0, 0.1) is 12.8 Å². The summed E-state index contributed by atoms with van der Waals surface area (Å²) in [6, 6.07) is 9.48. The lowest BCUT2D eigenvalue weighted by Crippen LogP contribution is -2.37. The molecule has 2 N–H and O–H groups in total. The third-order valence-electron chi connectivity index (χ3n) is 5.01. The number of likely N-dealkylation sites (tertiary alicyclic amines) is 1. The van der Waals surface area contributed by atoms with E-state index in [0.717, 1.165) is 25.9 Å². The molecule has 1 fully saturated rings. The number of nitrogens with one attached hydrogen (secondary N) is 1. The summed E-state index contributed by atoms with van der Waals surface area (Å²) in [5.41, 5.74) is 1.59. The van der Waals surface area contributed by atoms with Gasteiger partial charge in [0.15, 0.2) is 0 Å². The summed E-state index contributed by atoms with van der Waals surface area (Å²) >= 11 is 0. The highest BCUT2D eigenvalue weighted by Crippen LogP contribution is 2.19. The van der Waals surface area contributed by atoms with Crippen LogP contribution in [0.4, 0.5) is 5.69 Å². The van der Waals surface area contributed by atoms with E-state index in [9.17, 15) is 14.4 Å². The fourth-order valence-electron chi connectivity index (χ4n) is 3.20. The average Bonchev–Trinajstić information content (AvgIpc) is 2.68. The maximum atomic E-state index is 12.6. The van der Waals surface area contributed by atoms with E-state index in [-0.39, 0.29) is 22.9 Å². The first kappa shape index (κ1) is 19.5. The molecule has 0 spiro atoms. The van der Waals surface area contributed by atoms with Crippen molar-refractivity contribution in [2.75, 3.05) is 18.4 Å². The van der Waals surface area contributed by atoms with E-state index in [4.69, 9.17) is 5.11 Å². The lowest BCUT2D eigenvalue weighted by Gasteiger charge is -2.30. The first-order valence-corrected chi connectivity index (χ1v) is 9.27. The molecule has 2 heterocycles. The molecule has 0 bridgehead atoms. The molecule has 0 unspecified atom stereocenters. The summed E-state index contributed by atoms with van der Waals surface area (Å²) in [6.07, 6.45) is 2.04. The smallest absolute Gasteiger partial charge is 0.337 e. The predicted octanol–water partition coefficient (Wildman–Crippen LogP) is 3.21. The van der Waals surface area contributed by atoms with E-state index in [1.165, 1.54) is 12.1 Å². The molecule has 0 aliphatic carbocycles. The number of hydrogen-bond donors (Lipinski definition) is 2. The second kappa shape index (κ2) is 8.21. The molecule has 0 radical (unpaired) electrons. The molecule has 1 aliphatic rings. The van der Waals surface area contributed by atoms with Crippen LogP contribution in [-0.2, 0) is 0 Å². The number of anilines is 1. The molecule has 1 aliphatic heterocycles. The minimum absolute atomic E-state index is 0.00586. The van der Waals surface area contributed by atoms with Gasteiger partial charge in [0.25, 0.3) is 11.8 Å². The number of aromatic nitrogens is 1. The van der Waals surface area contributed by atoms with Crippen LogP contribution in [0.15, 0.2) is 36.4 Å². The van der Waals surface area contributed by atoms with E-state index in [1.807, 2.05) is 4.90 Å². The number of amides is 2. The van der Waals surface area contributed by atoms with Gasteiger partial charge in [0.1, 0.15) is 5.69 Å². The number of aryl methyl sites for hydroxylation is 1. The lowest BCUT2D eigenvalue weighted by molar-refractivity contribution is 0.0687. The Balaban J connectivity index is 1.65. The number of piperidine rings is 1. The van der Waals surface area contributed by atoms with Crippen molar-refractivity contribution in [3.05, 3.63) is 58.9 Å². The molecule has 28 heavy (non-hydrogen) atoms. The van der Waals surface area contributed by atoms with Crippen LogP contribution in [0.2, 0.25) is 0 Å². The normalized spacial score (nSPS) is 14.6. The van der Waals surface area contributed by atoms with Crippen LogP contribution >= 0.6 is 0 Å². The van der Waals surface area contributed by atoms with E-state index in [1.54, 1.807) is 31.2 Å². The van der Waals surface area contributed by atoms with Crippen LogP contribution in [0.3, 0.4) is 0 Å². The largest absolute Gasteiger partial charge is 0.478 e. The maximum absolute atomic E-state index is 12.6. The van der Waals surface area contributed by atoms with Gasteiger partial charge in [0, 0.05) is 24.3 Å². The first-order valence-electron chi connectivity index (χ1n) is 9.27. The molecule has 0 saturated carbocycles. The number of aromatic carboxylic acids is 1. The molecule has 7 heteroatoms. The molecule has 146 valence electrons. The van der Waals surface area contributed by atoms with Gasteiger partial charge in [-0.05, 0) is 62.1 Å². The highest BCUT2D eigenvalue weighted by Gasteiger charge is 2.21. The van der Waals surface area contributed by atoms with Crippen molar-refractivity contribution in [2.24, 2.45) is 5.92 Å². The van der Waals surface area contributed by atoms with Gasteiger partial charge in [-0.3, -0.25) is 9.59 Å². The second-order valence-electron chi connectivity index (χ2n) is 7.14. The molecule has 2 aromatic rings. The quantitative estimate of drug-likeness (QED) is 0.847. The van der Waals surface area contributed by atoms with Crippen molar-refractivity contribution < 1.29 is 19.5 Å². The zero-order valence-electron chi connectivity index (χ0n) is 15.9. The monoisotopic (exact) mass is 381 g/mol. The third kappa shape index (κ3) is 4.36. The van der Waals surface area contributed by atoms with Gasteiger partial charge in [-0.15, -0.1) is 0 Å². The van der Waals surface area contributed by atoms with Gasteiger partial charge >= 0.3 is 5.97 Å². The zero-order chi connectivity index (χ0) is 20.3. The number of carboxylic acids is 1. The van der Waals surface area contributed by atoms with Crippen molar-refractivity contribution >= 4 is 23.5 Å². The number of carboxylic acid groups (broad SMARTS) is 1. The summed E-state index contributed by atoms with van der Waals surface area (Å²) in [5.74, 6) is -0.862. The van der Waals surface area contributed by atoms with Crippen molar-refractivity contribution in [1.82, 2.24) is 9.88 Å². The Kier molecular flexibility index (Phi) is 5.73. The summed E-state index contributed by atoms with van der Waals surface area (Å²) in [4.78, 5) is 41.9. The number of carbonyl (C=O) groups is 3. The molecule has 3 rings (SSSR count). The molecule has 1 saturated heterocycles. The first-order chi connectivity index (χ1) is 13.3. The van der Waals surface area contributed by atoms with Gasteiger partial charge in [-0.1, -0.05) is 6.92 Å². The lowest BCUT2D eigenvalue weighted by atomic mass is 9.98. The van der Waals surface area contributed by atoms with E-state index in [0.29, 0.717) is 17.2 Å². The predicted molar refractivity (Wildman–Crippen MR) is 105 cm³/mol. The SMILES string of the molecule is Cc1nc(C(=O)Nc2ccc(C(=O)N3CCC(C)CC3)cc2)ccc1C(=O)O. The minimum Gasteiger partial charge on any atom is -0.478 e. The van der Waals surface area contributed by atoms with Crippen LogP contribution < -0.4 is 5.32 Å². The number of rotatable bonds is 4. The number of hydrogen-bond acceptors (Lipinski definition) is 4. The molecule has 1 aromatic carbocycles. The minimum atomic E-state index is -1.08. The van der Waals surface area contributed by atoms with Crippen molar-refractivity contribution in [1.29, 1.82) is 0 Å². The second-order valence-corrected chi connectivity index (χ2v) is 7.14. The van der Waals surface area contributed by atoms with Gasteiger partial charge in [-0.25, -0.2) is 9.78 Å². The molecule has 2 amide bonds. The Morgan fingerprint density at radius 3 is 2.29 bits per heavy atom. The number of benzene rings is 1. The zero-order valence-corrected chi connectivity index (χ0v) is 15.9. The summed E-state index contributed by atoms with van der Waals surface area (Å²) in [5, 5.41) is 11.7. The van der Waals surface area contributed by atoms with Crippen LogP contribution in [0.25, 0.3) is 0 Å². The Bertz CT molecular complexity index is 900. The van der Waals surface area contributed by atoms with E-state index < -0.39 is 11.9 Å². The molecular formula is C21H23N3O4. The Labute approximate surface area is 163 Å². The van der Waals surface area contributed by atoms with Crippen molar-refractivity contribution in [3.63, 3.8) is 0 Å². The number of pyridine rings is 1. The van der Waals surface area contributed by atoms with Crippen LogP contribution in [0.5, 0.6) is 0 Å². The third-order valence-corrected chi connectivity index (χ3v) is 5.01. The molecule has 0 atom stereocenters. The van der Waals surface area contributed by atoms with Crippen molar-refractivity contribution in [2.45, 2.75) is 26.7 Å². The van der Waals surface area contributed by atoms with Gasteiger partial charge in [0.2, 0.25) is 0 Å². The number of nitrogens with zero attached hydrogens (tertiary/aromatic N) is 2. The maximum Gasteiger partial charge on any atom is 0.337 e. The van der Waals surface area contributed by atoms with Gasteiger partial charge in [-0.2, -0.15) is 0 Å². The summed E-state index contributed by atoms with van der Waals surface area (Å²) < 4.78 is 0. The standard InChI is InChI=1S/C21H23N3O4/c1-13-9-11-24(12-10-13)20(26)15-3-5-16(6-4-15)23-19(25)18-8-7-17(21(27)28)14(2)22-18/h3-8,13H,9-12H2,1-2H3,(H,23,25)(H,27,28). The molecule has 1 aromatic heterocycles. The summed E-state index contributed by atoms with van der Waals surface area (Å²) in [6.45, 7) is 5.29. The fourth-order valence-corrected chi connectivity index (χ4v) is 3.20. The Hall–Kier alpha value is -3.22. The Morgan fingerprint density at radius 1 is 1.07 bits per heavy atom. The molecule has 7 nitrogen and oxygen atoms in total. The average molecular weight is 381 g/mol. The van der Waals surface area contributed by atoms with Gasteiger partial charge in [0.05, 0.1) is 11.3 Å². The van der Waals surface area contributed by atoms with Crippen molar-refractivity contribution in [3.8, 4) is 0 Å². The van der Waals surface area contributed by atoms with Crippen LogP contribution in [-0.4, -0.2) is 45.9 Å². The molecular weight excluding hydrogens is 358 g/mol. The van der Waals surface area contributed by atoms with Gasteiger partial charge < -0.3 is 15.3 Å². The number of carbonyl (C=O) groups excluding carboxylic acids is 2. The highest BCUT2D eigenvalue weighted by molar-refractivity contribution is 6.03. The highest BCUT2D eigenvalue weighted by atomic mass is 16.4.